The lowest BCUT2D eigenvalue weighted by molar-refractivity contribution is -0.134. The van der Waals surface area contributed by atoms with Crippen LogP contribution in [0.3, 0.4) is 0 Å². The van der Waals surface area contributed by atoms with Crippen LogP contribution >= 0.6 is 0 Å². The van der Waals surface area contributed by atoms with E-state index in [1.165, 1.54) is 13.8 Å². The quantitative estimate of drug-likeness (QED) is 0.762. The van der Waals surface area contributed by atoms with Gasteiger partial charge in [0.25, 0.3) is 0 Å². The van der Waals surface area contributed by atoms with Crippen LogP contribution in [-0.2, 0) is 16.6 Å². The van der Waals surface area contributed by atoms with Gasteiger partial charge in [-0.05, 0) is 12.1 Å². The minimum absolute atomic E-state index is 0.235. The molecular formula is C13H13NO4. The number of ether oxygens (including phenoxy) is 2. The Morgan fingerprint density at radius 3 is 2.28 bits per heavy atom. The second-order valence-corrected chi connectivity index (χ2v) is 3.90. The van der Waals surface area contributed by atoms with E-state index in [0.717, 1.165) is 10.9 Å². The lowest BCUT2D eigenvalue weighted by atomic mass is 10.2. The van der Waals surface area contributed by atoms with Gasteiger partial charge >= 0.3 is 11.9 Å². The molecule has 1 heterocycles. The molecule has 1 aromatic carbocycles. The highest BCUT2D eigenvalue weighted by molar-refractivity contribution is 5.93. The number of benzene rings is 1. The fraction of sp³-hybridized carbons (Fsp3) is 0.231. The van der Waals surface area contributed by atoms with Gasteiger partial charge in [0.1, 0.15) is 0 Å². The van der Waals surface area contributed by atoms with Crippen molar-refractivity contribution >= 4 is 22.8 Å². The first-order valence-corrected chi connectivity index (χ1v) is 5.45. The van der Waals surface area contributed by atoms with Crippen molar-refractivity contribution in [1.29, 1.82) is 0 Å². The van der Waals surface area contributed by atoms with E-state index >= 15 is 0 Å². The number of carbonyl (C=O) groups excluding carboxylic acids is 2. The highest BCUT2D eigenvalue weighted by Gasteiger charge is 2.20. The molecule has 0 aliphatic carbocycles. The summed E-state index contributed by atoms with van der Waals surface area (Å²) in [5, 5.41) is 0.728. The van der Waals surface area contributed by atoms with Crippen LogP contribution in [0.2, 0.25) is 0 Å². The molecule has 18 heavy (non-hydrogen) atoms. The zero-order valence-corrected chi connectivity index (χ0v) is 10.4. The molecule has 0 spiro atoms. The Kier molecular flexibility index (Phi) is 3.06. The van der Waals surface area contributed by atoms with Crippen molar-refractivity contribution in [2.45, 2.75) is 13.8 Å². The predicted octanol–water partition coefficient (Wildman–Crippen LogP) is 2.03. The van der Waals surface area contributed by atoms with Gasteiger partial charge in [-0.2, -0.15) is 0 Å². The number of nitrogens with zero attached hydrogens (tertiary/aromatic N) is 1. The summed E-state index contributed by atoms with van der Waals surface area (Å²) in [6, 6.07) is 7.35. The fourth-order valence-corrected chi connectivity index (χ4v) is 1.83. The smallest absolute Gasteiger partial charge is 0.309 e. The van der Waals surface area contributed by atoms with Crippen molar-refractivity contribution in [1.82, 2.24) is 4.57 Å². The third-order valence-corrected chi connectivity index (χ3v) is 2.50. The third kappa shape index (κ3) is 2.07. The summed E-state index contributed by atoms with van der Waals surface area (Å²) in [6.45, 7) is 2.61. The largest absolute Gasteiger partial charge is 0.420 e. The van der Waals surface area contributed by atoms with Gasteiger partial charge in [-0.25, -0.2) is 0 Å². The Bertz CT molecular complexity index is 627. The molecule has 0 unspecified atom stereocenters. The maximum absolute atomic E-state index is 11.1. The number of hydrogen-bond acceptors (Lipinski definition) is 4. The predicted molar refractivity (Wildman–Crippen MR) is 65.5 cm³/mol. The second kappa shape index (κ2) is 4.52. The van der Waals surface area contributed by atoms with Crippen molar-refractivity contribution in [3.63, 3.8) is 0 Å². The maximum atomic E-state index is 11.1. The fourth-order valence-electron chi connectivity index (χ4n) is 1.83. The summed E-state index contributed by atoms with van der Waals surface area (Å²) in [5.41, 5.74) is 0.824. The van der Waals surface area contributed by atoms with Gasteiger partial charge in [-0.1, -0.05) is 12.1 Å². The van der Waals surface area contributed by atoms with Gasteiger partial charge in [0.2, 0.25) is 11.6 Å². The van der Waals surface area contributed by atoms with Crippen LogP contribution in [0.25, 0.3) is 10.9 Å². The number of esters is 2. The Morgan fingerprint density at radius 2 is 1.67 bits per heavy atom. The maximum Gasteiger partial charge on any atom is 0.309 e. The number of para-hydroxylation sites is 1. The van der Waals surface area contributed by atoms with E-state index in [2.05, 4.69) is 0 Å². The molecule has 2 aromatic rings. The molecule has 0 N–H and O–H groups in total. The Morgan fingerprint density at radius 1 is 1.06 bits per heavy atom. The number of aryl methyl sites for hydroxylation is 1. The Balaban J connectivity index is 2.68. The molecule has 0 saturated heterocycles. The Labute approximate surface area is 104 Å². The summed E-state index contributed by atoms with van der Waals surface area (Å²) in [5.74, 6) is -0.413. The lowest BCUT2D eigenvalue weighted by Gasteiger charge is -2.05. The molecule has 0 atom stereocenters. The Hall–Kier alpha value is -2.30. The number of hydrogen-bond donors (Lipinski definition) is 0. The molecular weight excluding hydrogens is 234 g/mol. The summed E-state index contributed by atoms with van der Waals surface area (Å²) in [6.07, 6.45) is 0. The molecule has 2 rings (SSSR count). The van der Waals surface area contributed by atoms with Crippen LogP contribution in [0, 0.1) is 0 Å². The molecule has 0 fully saturated rings. The first kappa shape index (κ1) is 12.2. The number of fused-ring (bicyclic) bond motifs is 1. The van der Waals surface area contributed by atoms with E-state index in [-0.39, 0.29) is 11.6 Å². The van der Waals surface area contributed by atoms with E-state index in [4.69, 9.17) is 9.47 Å². The zero-order valence-electron chi connectivity index (χ0n) is 10.4. The van der Waals surface area contributed by atoms with Crippen molar-refractivity contribution in [2.75, 3.05) is 0 Å². The average molecular weight is 247 g/mol. The minimum atomic E-state index is -0.464. The van der Waals surface area contributed by atoms with E-state index in [0.29, 0.717) is 0 Å². The molecule has 0 aliphatic rings. The summed E-state index contributed by atoms with van der Waals surface area (Å²) < 4.78 is 11.9. The third-order valence-electron chi connectivity index (χ3n) is 2.50. The van der Waals surface area contributed by atoms with Crippen molar-refractivity contribution < 1.29 is 19.1 Å². The molecule has 1 aromatic heterocycles. The number of rotatable bonds is 2. The minimum Gasteiger partial charge on any atom is -0.420 e. The van der Waals surface area contributed by atoms with Crippen LogP contribution < -0.4 is 9.47 Å². The van der Waals surface area contributed by atoms with Crippen LogP contribution in [0.15, 0.2) is 24.3 Å². The zero-order chi connectivity index (χ0) is 13.3. The van der Waals surface area contributed by atoms with Crippen LogP contribution in [0.1, 0.15) is 13.8 Å². The standard InChI is InChI=1S/C13H13NO4/c1-8(15)17-12-10-6-4-5-7-11(10)14(3)13(12)18-9(2)16/h4-7H,1-3H3. The first-order valence-electron chi connectivity index (χ1n) is 5.45. The van der Waals surface area contributed by atoms with Crippen LogP contribution in [0.4, 0.5) is 0 Å². The van der Waals surface area contributed by atoms with Crippen molar-refractivity contribution in [3.05, 3.63) is 24.3 Å². The molecule has 0 radical (unpaired) electrons. The molecule has 0 saturated carbocycles. The SMILES string of the molecule is CC(=O)Oc1c(OC(C)=O)n(C)c2ccccc12. The van der Waals surface area contributed by atoms with Gasteiger partial charge in [0.05, 0.1) is 5.52 Å². The molecule has 0 bridgehead atoms. The topological polar surface area (TPSA) is 57.5 Å². The monoisotopic (exact) mass is 247 g/mol. The highest BCUT2D eigenvalue weighted by Crippen LogP contribution is 2.38. The van der Waals surface area contributed by atoms with E-state index < -0.39 is 11.9 Å². The van der Waals surface area contributed by atoms with Gasteiger partial charge in [0.15, 0.2) is 0 Å². The number of carbonyl (C=O) groups is 2. The first-order chi connectivity index (χ1) is 8.50. The molecule has 5 nitrogen and oxygen atoms in total. The normalized spacial score (nSPS) is 10.4. The van der Waals surface area contributed by atoms with E-state index in [9.17, 15) is 9.59 Å². The van der Waals surface area contributed by atoms with Gasteiger partial charge in [-0.15, -0.1) is 0 Å². The van der Waals surface area contributed by atoms with E-state index in [1.807, 2.05) is 18.2 Å². The molecule has 0 aliphatic heterocycles. The molecule has 0 amide bonds. The van der Waals surface area contributed by atoms with Gasteiger partial charge in [0, 0.05) is 26.3 Å². The van der Waals surface area contributed by atoms with E-state index in [1.54, 1.807) is 17.7 Å². The van der Waals surface area contributed by atoms with Crippen LogP contribution in [-0.4, -0.2) is 16.5 Å². The van der Waals surface area contributed by atoms with Crippen molar-refractivity contribution in [3.8, 4) is 11.6 Å². The average Bonchev–Trinajstić information content (AvgIpc) is 2.54. The lowest BCUT2D eigenvalue weighted by Crippen LogP contribution is -2.08. The van der Waals surface area contributed by atoms with Crippen LogP contribution in [0.5, 0.6) is 11.6 Å². The summed E-state index contributed by atoms with van der Waals surface area (Å²) >= 11 is 0. The molecule has 5 heteroatoms. The highest BCUT2D eigenvalue weighted by atomic mass is 16.6. The summed E-state index contributed by atoms with van der Waals surface area (Å²) in [7, 11) is 1.74. The van der Waals surface area contributed by atoms with Crippen molar-refractivity contribution in [2.24, 2.45) is 7.05 Å². The molecule has 94 valence electrons. The second-order valence-electron chi connectivity index (χ2n) is 3.90. The van der Waals surface area contributed by atoms with Gasteiger partial charge in [-0.3, -0.25) is 9.59 Å². The summed E-state index contributed by atoms with van der Waals surface area (Å²) in [4.78, 5) is 22.2. The number of aromatic nitrogens is 1. The van der Waals surface area contributed by atoms with Gasteiger partial charge < -0.3 is 14.0 Å².